The van der Waals surface area contributed by atoms with E-state index < -0.39 is 12.6 Å². The van der Waals surface area contributed by atoms with Crippen molar-refractivity contribution in [3.05, 3.63) is 18.2 Å². The third-order valence-corrected chi connectivity index (χ3v) is 1.73. The molecule has 7 heteroatoms. The number of carboxylic acids is 1. The summed E-state index contributed by atoms with van der Waals surface area (Å²) in [6.45, 7) is -0.825. The standard InChI is InChI=1S/C10H12O7/c1-14-7-2-8(15-5-10(11)12)4-9(3-7)16-6-17-13/h2-4,13H,5-6H2,1H3,(H,11,12). The number of carbonyl (C=O) groups is 1. The fourth-order valence-electron chi connectivity index (χ4n) is 1.07. The summed E-state index contributed by atoms with van der Waals surface area (Å²) in [5.74, 6) is -0.0618. The maximum atomic E-state index is 10.3. The highest BCUT2D eigenvalue weighted by molar-refractivity contribution is 5.68. The van der Waals surface area contributed by atoms with Crippen LogP contribution in [-0.2, 0) is 9.68 Å². The molecule has 0 atom stereocenters. The van der Waals surface area contributed by atoms with E-state index in [4.69, 9.17) is 24.6 Å². The molecule has 0 aromatic heterocycles. The second-order valence-electron chi connectivity index (χ2n) is 2.92. The summed E-state index contributed by atoms with van der Waals surface area (Å²) in [6.07, 6.45) is 0. The number of aliphatic carboxylic acids is 1. The van der Waals surface area contributed by atoms with Gasteiger partial charge in [-0.15, -0.1) is 0 Å². The first-order chi connectivity index (χ1) is 8.15. The molecule has 0 heterocycles. The summed E-state index contributed by atoms with van der Waals surface area (Å²) in [6, 6.07) is 4.49. The zero-order valence-corrected chi connectivity index (χ0v) is 9.08. The number of ether oxygens (including phenoxy) is 3. The first kappa shape index (κ1) is 13.1. The maximum absolute atomic E-state index is 10.3. The molecule has 0 aliphatic carbocycles. The molecule has 0 bridgehead atoms. The Labute approximate surface area is 97.0 Å². The van der Waals surface area contributed by atoms with E-state index in [2.05, 4.69) is 4.89 Å². The molecule has 1 aromatic rings. The van der Waals surface area contributed by atoms with E-state index in [0.29, 0.717) is 11.5 Å². The second-order valence-corrected chi connectivity index (χ2v) is 2.92. The summed E-state index contributed by atoms with van der Waals surface area (Å²) in [5, 5.41) is 16.6. The monoisotopic (exact) mass is 244 g/mol. The Balaban J connectivity index is 2.77. The van der Waals surface area contributed by atoms with Crippen molar-refractivity contribution in [3.63, 3.8) is 0 Å². The van der Waals surface area contributed by atoms with E-state index in [1.165, 1.54) is 25.3 Å². The van der Waals surface area contributed by atoms with Gasteiger partial charge in [-0.1, -0.05) is 0 Å². The Morgan fingerprint density at radius 2 is 1.76 bits per heavy atom. The van der Waals surface area contributed by atoms with E-state index >= 15 is 0 Å². The topological polar surface area (TPSA) is 94.5 Å². The summed E-state index contributed by atoms with van der Waals surface area (Å²) in [4.78, 5) is 14.1. The van der Waals surface area contributed by atoms with Crippen LogP contribution in [0, 0.1) is 0 Å². The van der Waals surface area contributed by atoms with Crippen molar-refractivity contribution in [2.45, 2.75) is 0 Å². The third-order valence-electron chi connectivity index (χ3n) is 1.73. The molecular formula is C10H12O7. The predicted molar refractivity (Wildman–Crippen MR) is 55.3 cm³/mol. The summed E-state index contributed by atoms with van der Waals surface area (Å²) in [7, 11) is 1.45. The predicted octanol–water partition coefficient (Wildman–Crippen LogP) is 0.984. The lowest BCUT2D eigenvalue weighted by molar-refractivity contribution is -0.278. The van der Waals surface area contributed by atoms with Crippen molar-refractivity contribution >= 4 is 5.97 Å². The Hall–Kier alpha value is -1.99. The van der Waals surface area contributed by atoms with Crippen LogP contribution in [0.25, 0.3) is 0 Å². The SMILES string of the molecule is COc1cc(OCOO)cc(OCC(=O)O)c1. The van der Waals surface area contributed by atoms with Crippen molar-refractivity contribution in [2.24, 2.45) is 0 Å². The van der Waals surface area contributed by atoms with E-state index in [1.807, 2.05) is 0 Å². The molecular weight excluding hydrogens is 232 g/mol. The van der Waals surface area contributed by atoms with Crippen molar-refractivity contribution < 1.29 is 34.3 Å². The molecule has 0 aliphatic rings. The lowest BCUT2D eigenvalue weighted by Gasteiger charge is -2.09. The molecule has 0 fully saturated rings. The van der Waals surface area contributed by atoms with Gasteiger partial charge in [0.1, 0.15) is 17.2 Å². The van der Waals surface area contributed by atoms with Gasteiger partial charge in [-0.05, 0) is 0 Å². The molecule has 0 saturated heterocycles. The van der Waals surface area contributed by atoms with Gasteiger partial charge in [0.2, 0.25) is 6.79 Å². The number of hydrogen-bond donors (Lipinski definition) is 2. The van der Waals surface area contributed by atoms with Crippen LogP contribution >= 0.6 is 0 Å². The van der Waals surface area contributed by atoms with Crippen LogP contribution in [0.2, 0.25) is 0 Å². The maximum Gasteiger partial charge on any atom is 0.341 e. The molecule has 2 N–H and O–H groups in total. The van der Waals surface area contributed by atoms with Crippen LogP contribution in [-0.4, -0.2) is 36.8 Å². The van der Waals surface area contributed by atoms with Gasteiger partial charge in [0.05, 0.1) is 7.11 Å². The molecule has 0 spiro atoms. The minimum Gasteiger partial charge on any atom is -0.496 e. The number of benzene rings is 1. The van der Waals surface area contributed by atoms with E-state index in [-0.39, 0.29) is 12.5 Å². The molecule has 1 rings (SSSR count). The van der Waals surface area contributed by atoms with Gasteiger partial charge >= 0.3 is 5.97 Å². The molecule has 0 radical (unpaired) electrons. The van der Waals surface area contributed by atoms with Crippen molar-refractivity contribution in [1.82, 2.24) is 0 Å². The van der Waals surface area contributed by atoms with Crippen LogP contribution in [0.3, 0.4) is 0 Å². The number of methoxy groups -OCH3 is 1. The number of hydrogen-bond acceptors (Lipinski definition) is 6. The largest absolute Gasteiger partial charge is 0.496 e. The van der Waals surface area contributed by atoms with Crippen LogP contribution in [0.5, 0.6) is 17.2 Å². The van der Waals surface area contributed by atoms with Gasteiger partial charge in [-0.25, -0.2) is 10.1 Å². The fourth-order valence-corrected chi connectivity index (χ4v) is 1.07. The van der Waals surface area contributed by atoms with Gasteiger partial charge < -0.3 is 19.3 Å². The van der Waals surface area contributed by atoms with Crippen LogP contribution in [0.1, 0.15) is 0 Å². The Bertz CT molecular complexity index is 377. The normalized spacial score (nSPS) is 9.76. The average Bonchev–Trinajstić information content (AvgIpc) is 2.33. The first-order valence-corrected chi connectivity index (χ1v) is 4.58. The number of rotatable bonds is 7. The van der Waals surface area contributed by atoms with Crippen LogP contribution < -0.4 is 14.2 Å². The lowest BCUT2D eigenvalue weighted by Crippen LogP contribution is -2.09. The molecule has 0 amide bonds. The highest BCUT2D eigenvalue weighted by atomic mass is 17.1. The summed E-state index contributed by atoms with van der Waals surface area (Å²) in [5.41, 5.74) is 0. The van der Waals surface area contributed by atoms with Gasteiger partial charge in [0.25, 0.3) is 0 Å². The molecule has 1 aromatic carbocycles. The van der Waals surface area contributed by atoms with E-state index in [1.54, 1.807) is 0 Å². The van der Waals surface area contributed by atoms with E-state index in [0.717, 1.165) is 0 Å². The molecule has 0 aliphatic heterocycles. The van der Waals surface area contributed by atoms with Gasteiger partial charge in [0.15, 0.2) is 6.61 Å². The molecule has 0 saturated carbocycles. The fraction of sp³-hybridized carbons (Fsp3) is 0.300. The molecule has 17 heavy (non-hydrogen) atoms. The minimum atomic E-state index is -1.09. The quantitative estimate of drug-likeness (QED) is 0.419. The van der Waals surface area contributed by atoms with Crippen molar-refractivity contribution in [1.29, 1.82) is 0 Å². The second kappa shape index (κ2) is 6.56. The van der Waals surface area contributed by atoms with Gasteiger partial charge in [0, 0.05) is 18.2 Å². The molecule has 94 valence electrons. The zero-order valence-electron chi connectivity index (χ0n) is 9.08. The molecule has 7 nitrogen and oxygen atoms in total. The Morgan fingerprint density at radius 1 is 1.18 bits per heavy atom. The number of carboxylic acid groups (broad SMARTS) is 1. The highest BCUT2D eigenvalue weighted by Gasteiger charge is 2.05. The summed E-state index contributed by atoms with van der Waals surface area (Å²) < 4.78 is 14.9. The van der Waals surface area contributed by atoms with Crippen LogP contribution in [0.15, 0.2) is 18.2 Å². The van der Waals surface area contributed by atoms with Crippen molar-refractivity contribution in [2.75, 3.05) is 20.5 Å². The minimum absolute atomic E-state index is 0.277. The smallest absolute Gasteiger partial charge is 0.341 e. The van der Waals surface area contributed by atoms with E-state index in [9.17, 15) is 4.79 Å². The zero-order chi connectivity index (χ0) is 12.7. The van der Waals surface area contributed by atoms with Gasteiger partial charge in [-0.3, -0.25) is 0 Å². The third kappa shape index (κ3) is 4.58. The Kier molecular flexibility index (Phi) is 5.05. The van der Waals surface area contributed by atoms with Crippen molar-refractivity contribution in [3.8, 4) is 17.2 Å². The highest BCUT2D eigenvalue weighted by Crippen LogP contribution is 2.27. The lowest BCUT2D eigenvalue weighted by atomic mass is 10.3. The summed E-state index contributed by atoms with van der Waals surface area (Å²) >= 11 is 0. The Morgan fingerprint density at radius 3 is 2.29 bits per heavy atom. The first-order valence-electron chi connectivity index (χ1n) is 4.58. The van der Waals surface area contributed by atoms with Crippen LogP contribution in [0.4, 0.5) is 0 Å². The average molecular weight is 244 g/mol. The molecule has 0 unspecified atom stereocenters. The van der Waals surface area contributed by atoms with Gasteiger partial charge in [-0.2, -0.15) is 4.89 Å².